The van der Waals surface area contributed by atoms with Crippen LogP contribution in [0.5, 0.6) is 0 Å². The molecule has 0 aromatic heterocycles. The summed E-state index contributed by atoms with van der Waals surface area (Å²) in [6, 6.07) is 17.8. The Morgan fingerprint density at radius 2 is 1.54 bits per heavy atom. The summed E-state index contributed by atoms with van der Waals surface area (Å²) in [4.78, 5) is 47.7. The molecule has 0 saturated carbocycles. The zero-order valence-corrected chi connectivity index (χ0v) is 23.6. The minimum absolute atomic E-state index is 0.171. The Morgan fingerprint density at radius 1 is 1.00 bits per heavy atom. The number of likely N-dealkylation sites (tertiary alicyclic amines) is 1. The molecule has 1 N–H and O–H groups in total. The largest absolute Gasteiger partial charge is 0.394 e. The van der Waals surface area contributed by atoms with E-state index in [4.69, 9.17) is 4.74 Å². The van der Waals surface area contributed by atoms with E-state index < -0.39 is 35.6 Å². The third-order valence-electron chi connectivity index (χ3n) is 8.75. The van der Waals surface area contributed by atoms with Crippen LogP contribution >= 0.6 is 0 Å². The van der Waals surface area contributed by atoms with Crippen LogP contribution in [0.2, 0.25) is 0 Å². The van der Waals surface area contributed by atoms with Crippen molar-refractivity contribution in [2.75, 3.05) is 19.7 Å². The van der Waals surface area contributed by atoms with Gasteiger partial charge < -0.3 is 24.5 Å². The molecule has 3 saturated heterocycles. The molecule has 2 bridgehead atoms. The molecule has 2 aromatic carbocycles. The number of carbonyl (C=O) groups excluding carboxylic acids is 3. The molecule has 6 atom stereocenters. The molecule has 216 valence electrons. The van der Waals surface area contributed by atoms with Crippen molar-refractivity contribution in [3.63, 3.8) is 0 Å². The summed E-state index contributed by atoms with van der Waals surface area (Å²) < 4.78 is 6.61. The number of amides is 3. The molecule has 8 heteroatoms. The molecule has 3 fully saturated rings. The number of nitrogens with zero attached hydrogens (tertiary/aromatic N) is 3. The van der Waals surface area contributed by atoms with Gasteiger partial charge in [0.25, 0.3) is 0 Å². The number of rotatable bonds is 12. The first-order chi connectivity index (χ1) is 19.9. The van der Waals surface area contributed by atoms with Crippen molar-refractivity contribution in [1.82, 2.24) is 14.7 Å². The summed E-state index contributed by atoms with van der Waals surface area (Å²) in [5.41, 5.74) is 0.794. The molecule has 1 spiro atoms. The van der Waals surface area contributed by atoms with Crippen molar-refractivity contribution >= 4 is 17.7 Å². The normalized spacial score (nSPS) is 26.9. The summed E-state index contributed by atoms with van der Waals surface area (Å²) in [5.74, 6) is -2.25. The number of carbonyl (C=O) groups is 3. The molecule has 3 aliphatic heterocycles. The van der Waals surface area contributed by atoms with E-state index >= 15 is 0 Å². The van der Waals surface area contributed by atoms with Crippen LogP contribution in [0.1, 0.15) is 30.9 Å². The lowest BCUT2D eigenvalue weighted by Gasteiger charge is -2.38. The Hall–Kier alpha value is -3.75. The van der Waals surface area contributed by atoms with Crippen molar-refractivity contribution in [2.24, 2.45) is 11.8 Å². The fourth-order valence-corrected chi connectivity index (χ4v) is 6.98. The van der Waals surface area contributed by atoms with Gasteiger partial charge in [-0.15, -0.1) is 13.2 Å². The molecular weight excluding hydrogens is 518 g/mol. The van der Waals surface area contributed by atoms with Gasteiger partial charge in [0, 0.05) is 26.2 Å². The third kappa shape index (κ3) is 5.11. The zero-order chi connectivity index (χ0) is 29.1. The molecule has 41 heavy (non-hydrogen) atoms. The lowest BCUT2D eigenvalue weighted by atomic mass is 9.70. The van der Waals surface area contributed by atoms with Gasteiger partial charge in [-0.05, 0) is 30.9 Å². The minimum atomic E-state index is -1.13. The summed E-state index contributed by atoms with van der Waals surface area (Å²) in [6.07, 6.45) is 3.98. The Labute approximate surface area is 241 Å². The van der Waals surface area contributed by atoms with E-state index in [1.165, 1.54) is 4.90 Å². The molecule has 3 aliphatic rings. The van der Waals surface area contributed by atoms with Gasteiger partial charge >= 0.3 is 0 Å². The number of aliphatic hydroxyl groups is 1. The van der Waals surface area contributed by atoms with Crippen LogP contribution in [0.15, 0.2) is 86.0 Å². The fraction of sp³-hybridized carbons (Fsp3) is 0.424. The maximum Gasteiger partial charge on any atom is 0.249 e. The summed E-state index contributed by atoms with van der Waals surface area (Å²) in [6.45, 7) is 10.5. The predicted octanol–water partition coefficient (Wildman–Crippen LogP) is 3.17. The van der Waals surface area contributed by atoms with Crippen molar-refractivity contribution in [1.29, 1.82) is 0 Å². The monoisotopic (exact) mass is 557 g/mol. The fourth-order valence-electron chi connectivity index (χ4n) is 6.98. The Kier molecular flexibility index (Phi) is 8.42. The summed E-state index contributed by atoms with van der Waals surface area (Å²) in [7, 11) is 0. The van der Waals surface area contributed by atoms with E-state index in [0.717, 1.165) is 11.1 Å². The average molecular weight is 558 g/mol. The van der Waals surface area contributed by atoms with E-state index in [0.29, 0.717) is 32.5 Å². The number of hydrogen-bond acceptors (Lipinski definition) is 5. The second kappa shape index (κ2) is 12.0. The van der Waals surface area contributed by atoms with E-state index in [9.17, 15) is 19.5 Å². The van der Waals surface area contributed by atoms with E-state index in [2.05, 4.69) is 13.2 Å². The van der Waals surface area contributed by atoms with Gasteiger partial charge in [-0.25, -0.2) is 0 Å². The molecule has 5 rings (SSSR count). The maximum absolute atomic E-state index is 14.4. The summed E-state index contributed by atoms with van der Waals surface area (Å²) in [5, 5.41) is 10.2. The van der Waals surface area contributed by atoms with Crippen LogP contribution in [-0.4, -0.2) is 81.0 Å². The van der Waals surface area contributed by atoms with Gasteiger partial charge in [0.2, 0.25) is 17.7 Å². The maximum atomic E-state index is 14.4. The Bertz CT molecular complexity index is 1280. The lowest BCUT2D eigenvalue weighted by Crippen LogP contribution is -2.58. The molecule has 2 aromatic rings. The number of fused-ring (bicyclic) bond motifs is 1. The molecule has 2 unspecified atom stereocenters. The first kappa shape index (κ1) is 28.8. The third-order valence-corrected chi connectivity index (χ3v) is 8.75. The van der Waals surface area contributed by atoms with Crippen LogP contribution < -0.4 is 0 Å². The Balaban J connectivity index is 1.50. The molecule has 8 nitrogen and oxygen atoms in total. The second-order valence-electron chi connectivity index (χ2n) is 11.3. The second-order valence-corrected chi connectivity index (χ2v) is 11.3. The smallest absolute Gasteiger partial charge is 0.249 e. The average Bonchev–Trinajstić information content (AvgIpc) is 3.64. The highest BCUT2D eigenvalue weighted by atomic mass is 16.5. The topological polar surface area (TPSA) is 90.4 Å². The molecule has 3 amide bonds. The van der Waals surface area contributed by atoms with Crippen LogP contribution in [0.3, 0.4) is 0 Å². The van der Waals surface area contributed by atoms with Gasteiger partial charge in [-0.1, -0.05) is 72.8 Å². The van der Waals surface area contributed by atoms with E-state index in [1.54, 1.807) is 28.9 Å². The number of ether oxygens (including phenoxy) is 1. The van der Waals surface area contributed by atoms with Crippen LogP contribution in [-0.2, 0) is 32.2 Å². The van der Waals surface area contributed by atoms with Gasteiger partial charge in [0.05, 0.1) is 30.6 Å². The Morgan fingerprint density at radius 3 is 2.05 bits per heavy atom. The van der Waals surface area contributed by atoms with Crippen LogP contribution in [0.4, 0.5) is 0 Å². The van der Waals surface area contributed by atoms with Crippen molar-refractivity contribution in [3.8, 4) is 0 Å². The lowest BCUT2D eigenvalue weighted by molar-refractivity contribution is -0.151. The first-order valence-electron chi connectivity index (χ1n) is 14.3. The molecule has 0 radical (unpaired) electrons. The number of aliphatic hydroxyl groups excluding tert-OH is 1. The van der Waals surface area contributed by atoms with Gasteiger partial charge in [0.15, 0.2) is 0 Å². The first-order valence-corrected chi connectivity index (χ1v) is 14.3. The molecule has 3 heterocycles. The van der Waals surface area contributed by atoms with Crippen molar-refractivity contribution in [2.45, 2.75) is 56.6 Å². The highest BCUT2D eigenvalue weighted by Gasteiger charge is 2.75. The molecular formula is C33H39N3O5. The minimum Gasteiger partial charge on any atom is -0.394 e. The van der Waals surface area contributed by atoms with Crippen LogP contribution in [0, 0.1) is 11.8 Å². The standard InChI is InChI=1S/C33H39N3O5/c1-4-18-34(20-24-12-8-6-9-13-24)30(38)27-26-16-17-33(41-26)28(27)31(39)36(23(3)22-37)29(33)32(40)35(19-5-2)21-25-14-10-7-11-15-25/h4-15,23,26-29,37H,1-2,16-22H2,3H3/t23-,26+,27-,28+,29?,33?/m1/s1. The van der Waals surface area contributed by atoms with Gasteiger partial charge in [-0.3, -0.25) is 14.4 Å². The zero-order valence-electron chi connectivity index (χ0n) is 23.6. The highest BCUT2D eigenvalue weighted by molar-refractivity contribution is 5.99. The van der Waals surface area contributed by atoms with Crippen LogP contribution in [0.25, 0.3) is 0 Å². The number of benzene rings is 2. The van der Waals surface area contributed by atoms with E-state index in [-0.39, 0.29) is 30.9 Å². The SMILES string of the molecule is C=CCN(Cc1ccccc1)C(=O)C1N([C@H](C)CO)C(=O)[C@@H]2[C@H](C(=O)N(CC=C)Cc3ccccc3)[C@@H]3CCC12O3. The number of hydrogen-bond donors (Lipinski definition) is 1. The van der Waals surface area contributed by atoms with Gasteiger partial charge in [0.1, 0.15) is 11.6 Å². The van der Waals surface area contributed by atoms with E-state index in [1.807, 2.05) is 60.7 Å². The van der Waals surface area contributed by atoms with Crippen molar-refractivity contribution in [3.05, 3.63) is 97.1 Å². The quantitative estimate of drug-likeness (QED) is 0.405. The van der Waals surface area contributed by atoms with Crippen molar-refractivity contribution < 1.29 is 24.2 Å². The predicted molar refractivity (Wildman–Crippen MR) is 155 cm³/mol. The van der Waals surface area contributed by atoms with Gasteiger partial charge in [-0.2, -0.15) is 0 Å². The summed E-state index contributed by atoms with van der Waals surface area (Å²) >= 11 is 0. The highest BCUT2D eigenvalue weighted by Crippen LogP contribution is 2.59. The molecule has 0 aliphatic carbocycles.